The van der Waals surface area contributed by atoms with E-state index in [-0.39, 0.29) is 5.56 Å². The van der Waals surface area contributed by atoms with Crippen LogP contribution in [0.2, 0.25) is 0 Å². The Morgan fingerprint density at radius 2 is 1.85 bits per heavy atom. The number of aryl methyl sites for hydroxylation is 1. The summed E-state index contributed by atoms with van der Waals surface area (Å²) in [5.74, 6) is 0. The fraction of sp³-hybridized carbons (Fsp3) is 0.222. The first-order valence-corrected chi connectivity index (χ1v) is 13.2. The first-order valence-electron chi connectivity index (χ1n) is 11.5. The van der Waals surface area contributed by atoms with Crippen LogP contribution in [0.4, 0.5) is 0 Å². The smallest absolute Gasteiger partial charge is 0.262 e. The van der Waals surface area contributed by atoms with Gasteiger partial charge in [0, 0.05) is 28.4 Å². The maximum atomic E-state index is 13.3. The van der Waals surface area contributed by atoms with E-state index in [1.54, 1.807) is 33.6 Å². The number of hydrogen-bond donors (Lipinski definition) is 1. The first kappa shape index (κ1) is 21.4. The van der Waals surface area contributed by atoms with Gasteiger partial charge in [0.15, 0.2) is 0 Å². The van der Waals surface area contributed by atoms with Crippen molar-refractivity contribution in [1.82, 2.24) is 19.9 Å². The summed E-state index contributed by atoms with van der Waals surface area (Å²) in [6, 6.07) is 20.8. The molecule has 5 nitrogen and oxygen atoms in total. The van der Waals surface area contributed by atoms with Gasteiger partial charge in [-0.05, 0) is 30.4 Å². The molecular formula is C27H24N4OS2. The van der Waals surface area contributed by atoms with Gasteiger partial charge < -0.3 is 5.32 Å². The maximum Gasteiger partial charge on any atom is 0.262 e. The minimum absolute atomic E-state index is 0.0778. The van der Waals surface area contributed by atoms with Crippen molar-refractivity contribution in [1.29, 1.82) is 0 Å². The summed E-state index contributed by atoms with van der Waals surface area (Å²) in [5, 5.41) is 7.75. The molecule has 1 N–H and O–H groups in total. The Hall–Kier alpha value is -3.13. The number of nitrogens with one attached hydrogen (secondary N) is 1. The molecule has 3 aromatic heterocycles. The Labute approximate surface area is 205 Å². The normalized spacial score (nSPS) is 15.5. The molecule has 0 amide bonds. The Kier molecular flexibility index (Phi) is 5.83. The number of benzene rings is 2. The van der Waals surface area contributed by atoms with E-state index in [1.807, 2.05) is 48.5 Å². The fourth-order valence-corrected chi connectivity index (χ4v) is 6.65. The summed E-state index contributed by atoms with van der Waals surface area (Å²) in [6.45, 7) is 1.32. The Morgan fingerprint density at radius 1 is 1.06 bits per heavy atom. The Morgan fingerprint density at radius 3 is 2.68 bits per heavy atom. The van der Waals surface area contributed by atoms with Crippen LogP contribution in [0.1, 0.15) is 27.4 Å². The highest BCUT2D eigenvalue weighted by atomic mass is 32.1. The summed E-state index contributed by atoms with van der Waals surface area (Å²) in [4.78, 5) is 24.9. The molecule has 1 aliphatic carbocycles. The van der Waals surface area contributed by atoms with Gasteiger partial charge in [-0.2, -0.15) is 0 Å². The van der Waals surface area contributed by atoms with Crippen molar-refractivity contribution in [2.45, 2.75) is 38.4 Å². The van der Waals surface area contributed by atoms with Crippen LogP contribution in [0.15, 0.2) is 77.2 Å². The standard InChI is InChI=1S/C27H24N4OS2/c32-27-25-21-12-11-20(28-14-24-30-22(16-33-24)19-9-5-2-6-10-19)13-23(21)34-26(25)29-17-31(27)15-18-7-3-1-4-8-18/h1-10,16-17,20,28H,11-15H2. The lowest BCUT2D eigenvalue weighted by Crippen LogP contribution is -2.33. The van der Waals surface area contributed by atoms with Crippen molar-refractivity contribution in [3.05, 3.63) is 104 Å². The van der Waals surface area contributed by atoms with E-state index in [0.29, 0.717) is 12.6 Å². The molecule has 0 bridgehead atoms. The third-order valence-electron chi connectivity index (χ3n) is 6.39. The summed E-state index contributed by atoms with van der Waals surface area (Å²) >= 11 is 3.38. The molecule has 3 heterocycles. The van der Waals surface area contributed by atoms with Crippen LogP contribution in [-0.4, -0.2) is 20.6 Å². The lowest BCUT2D eigenvalue weighted by molar-refractivity contribution is 0.462. The number of fused-ring (bicyclic) bond motifs is 3. The zero-order valence-corrected chi connectivity index (χ0v) is 20.2. The molecule has 34 heavy (non-hydrogen) atoms. The van der Waals surface area contributed by atoms with Crippen LogP contribution < -0.4 is 10.9 Å². The second-order valence-electron chi connectivity index (χ2n) is 8.66. The molecule has 0 saturated carbocycles. The second kappa shape index (κ2) is 9.25. The van der Waals surface area contributed by atoms with Crippen molar-refractivity contribution in [3.8, 4) is 11.3 Å². The highest BCUT2D eigenvalue weighted by Crippen LogP contribution is 2.34. The fourth-order valence-electron chi connectivity index (χ4n) is 4.63. The van der Waals surface area contributed by atoms with Crippen molar-refractivity contribution in [2.24, 2.45) is 0 Å². The van der Waals surface area contributed by atoms with Crippen LogP contribution in [0.25, 0.3) is 21.5 Å². The van der Waals surface area contributed by atoms with E-state index >= 15 is 0 Å². The van der Waals surface area contributed by atoms with Crippen LogP contribution in [0.3, 0.4) is 0 Å². The van der Waals surface area contributed by atoms with Crippen molar-refractivity contribution in [2.75, 3.05) is 0 Å². The van der Waals surface area contributed by atoms with Crippen LogP contribution >= 0.6 is 22.7 Å². The molecule has 1 aliphatic rings. The molecule has 5 aromatic rings. The van der Waals surface area contributed by atoms with Crippen molar-refractivity contribution in [3.63, 3.8) is 0 Å². The van der Waals surface area contributed by atoms with E-state index in [0.717, 1.165) is 57.9 Å². The zero-order chi connectivity index (χ0) is 22.9. The predicted octanol–water partition coefficient (Wildman–Crippen LogP) is 5.28. The van der Waals surface area contributed by atoms with Crippen LogP contribution in [0.5, 0.6) is 0 Å². The van der Waals surface area contributed by atoms with Crippen LogP contribution in [0, 0.1) is 0 Å². The molecule has 170 valence electrons. The minimum Gasteiger partial charge on any atom is -0.307 e. The Bertz CT molecular complexity index is 1490. The van der Waals surface area contributed by atoms with E-state index in [2.05, 4.69) is 27.8 Å². The summed E-state index contributed by atoms with van der Waals surface area (Å²) in [6.07, 6.45) is 4.56. The number of nitrogens with zero attached hydrogens (tertiary/aromatic N) is 3. The van der Waals surface area contributed by atoms with Gasteiger partial charge in [0.1, 0.15) is 9.84 Å². The largest absolute Gasteiger partial charge is 0.307 e. The minimum atomic E-state index is 0.0778. The molecule has 0 radical (unpaired) electrons. The average Bonchev–Trinajstić information content (AvgIpc) is 3.50. The van der Waals surface area contributed by atoms with Crippen LogP contribution in [-0.2, 0) is 25.9 Å². The van der Waals surface area contributed by atoms with Gasteiger partial charge in [0.05, 0.1) is 24.0 Å². The van der Waals surface area contributed by atoms with Gasteiger partial charge in [-0.1, -0.05) is 60.7 Å². The molecule has 0 fully saturated rings. The number of rotatable bonds is 6. The summed E-state index contributed by atoms with van der Waals surface area (Å²) < 4.78 is 1.74. The van der Waals surface area contributed by atoms with Crippen molar-refractivity contribution < 1.29 is 0 Å². The lowest BCUT2D eigenvalue weighted by atomic mass is 9.93. The molecule has 2 aromatic carbocycles. The molecule has 7 heteroatoms. The highest BCUT2D eigenvalue weighted by Gasteiger charge is 2.25. The van der Waals surface area contributed by atoms with Crippen molar-refractivity contribution >= 4 is 32.9 Å². The molecular weight excluding hydrogens is 460 g/mol. The average molecular weight is 485 g/mol. The van der Waals surface area contributed by atoms with Gasteiger partial charge in [0.25, 0.3) is 5.56 Å². The number of aromatic nitrogens is 3. The summed E-state index contributed by atoms with van der Waals surface area (Å²) in [5.41, 5.74) is 4.59. The number of thiazole rings is 1. The van der Waals surface area contributed by atoms with E-state index < -0.39 is 0 Å². The molecule has 0 spiro atoms. The topological polar surface area (TPSA) is 59.8 Å². The monoisotopic (exact) mass is 484 g/mol. The molecule has 6 rings (SSSR count). The highest BCUT2D eigenvalue weighted by molar-refractivity contribution is 7.18. The predicted molar refractivity (Wildman–Crippen MR) is 140 cm³/mol. The van der Waals surface area contributed by atoms with E-state index in [4.69, 9.17) is 4.98 Å². The molecule has 1 atom stereocenters. The van der Waals surface area contributed by atoms with Gasteiger partial charge in [-0.25, -0.2) is 9.97 Å². The second-order valence-corrected chi connectivity index (χ2v) is 10.7. The number of hydrogen-bond acceptors (Lipinski definition) is 6. The third-order valence-corrected chi connectivity index (χ3v) is 8.41. The van der Waals surface area contributed by atoms with Gasteiger partial charge in [-0.15, -0.1) is 22.7 Å². The Balaban J connectivity index is 1.17. The molecule has 0 aliphatic heterocycles. The molecule has 0 saturated heterocycles. The van der Waals surface area contributed by atoms with E-state index in [1.165, 1.54) is 10.4 Å². The third kappa shape index (κ3) is 4.22. The zero-order valence-electron chi connectivity index (χ0n) is 18.6. The summed E-state index contributed by atoms with van der Waals surface area (Å²) in [7, 11) is 0. The number of thiophene rings is 1. The quantitative estimate of drug-likeness (QED) is 0.356. The van der Waals surface area contributed by atoms with Gasteiger partial charge in [0.2, 0.25) is 0 Å². The molecule has 1 unspecified atom stereocenters. The van der Waals surface area contributed by atoms with Gasteiger partial charge >= 0.3 is 0 Å². The first-order chi connectivity index (χ1) is 16.7. The lowest BCUT2D eigenvalue weighted by Gasteiger charge is -2.23. The van der Waals surface area contributed by atoms with Gasteiger partial charge in [-0.3, -0.25) is 9.36 Å². The maximum absolute atomic E-state index is 13.3. The SMILES string of the molecule is O=c1c2c3c(sc2ncn1Cc1ccccc1)CC(NCc1nc(-c2ccccc2)cs1)CC3. The van der Waals surface area contributed by atoms with E-state index in [9.17, 15) is 4.79 Å².